The standard InChI is InChI=1S/C5H10ClFN/c1-3-8(4-2)5(6)7/h3-4H2,1-2H3. The first-order valence-electron chi connectivity index (χ1n) is 2.65. The minimum absolute atomic E-state index is 0.616. The van der Waals surface area contributed by atoms with E-state index in [9.17, 15) is 4.39 Å². The van der Waals surface area contributed by atoms with Crippen molar-refractivity contribution in [3.8, 4) is 0 Å². The highest BCUT2D eigenvalue weighted by Crippen LogP contribution is 2.12. The van der Waals surface area contributed by atoms with Crippen LogP contribution in [0.25, 0.3) is 0 Å². The molecule has 0 aromatic heterocycles. The van der Waals surface area contributed by atoms with Crippen LogP contribution in [-0.4, -0.2) is 18.0 Å². The molecule has 0 aliphatic rings. The average Bonchev–Trinajstić information content (AvgIpc) is 1.69. The van der Waals surface area contributed by atoms with E-state index in [-0.39, 0.29) is 0 Å². The Hall–Kier alpha value is 0.180. The molecule has 0 N–H and O–H groups in total. The van der Waals surface area contributed by atoms with Crippen LogP contribution in [0.4, 0.5) is 4.39 Å². The summed E-state index contributed by atoms with van der Waals surface area (Å²) in [7, 11) is 0. The van der Waals surface area contributed by atoms with Crippen LogP contribution >= 0.6 is 11.6 Å². The van der Waals surface area contributed by atoms with Crippen LogP contribution < -0.4 is 0 Å². The molecule has 3 heteroatoms. The van der Waals surface area contributed by atoms with Crippen LogP contribution in [0.1, 0.15) is 13.8 Å². The first kappa shape index (κ1) is 8.18. The van der Waals surface area contributed by atoms with E-state index < -0.39 is 5.75 Å². The van der Waals surface area contributed by atoms with Crippen molar-refractivity contribution in [3.05, 3.63) is 5.75 Å². The van der Waals surface area contributed by atoms with Gasteiger partial charge in [-0.25, -0.2) is 4.39 Å². The van der Waals surface area contributed by atoms with Gasteiger partial charge in [0.2, 0.25) is 0 Å². The van der Waals surface area contributed by atoms with Crippen molar-refractivity contribution in [2.75, 3.05) is 13.1 Å². The van der Waals surface area contributed by atoms with Crippen molar-refractivity contribution in [1.82, 2.24) is 4.90 Å². The molecule has 0 aliphatic carbocycles. The lowest BCUT2D eigenvalue weighted by Crippen LogP contribution is -2.21. The molecule has 0 aliphatic heterocycles. The van der Waals surface area contributed by atoms with Crippen molar-refractivity contribution in [2.45, 2.75) is 13.8 Å². The summed E-state index contributed by atoms with van der Waals surface area (Å²) in [5.74, 6) is -0.616. The summed E-state index contributed by atoms with van der Waals surface area (Å²) in [6.45, 7) is 4.97. The second kappa shape index (κ2) is 4.10. The number of nitrogens with zero attached hydrogens (tertiary/aromatic N) is 1. The van der Waals surface area contributed by atoms with E-state index in [1.165, 1.54) is 4.90 Å². The van der Waals surface area contributed by atoms with Gasteiger partial charge in [0.25, 0.3) is 0 Å². The molecular weight excluding hydrogens is 129 g/mol. The smallest absolute Gasteiger partial charge is 0.254 e. The van der Waals surface area contributed by atoms with Gasteiger partial charge in [0.1, 0.15) is 0 Å². The largest absolute Gasteiger partial charge is 0.301 e. The van der Waals surface area contributed by atoms with Crippen molar-refractivity contribution >= 4 is 11.6 Å². The maximum atomic E-state index is 12.0. The Balaban J connectivity index is 3.35. The second-order valence-corrected chi connectivity index (χ2v) is 1.72. The van der Waals surface area contributed by atoms with Gasteiger partial charge in [0.05, 0.1) is 0 Å². The van der Waals surface area contributed by atoms with E-state index in [4.69, 9.17) is 11.6 Å². The topological polar surface area (TPSA) is 3.24 Å². The van der Waals surface area contributed by atoms with Crippen LogP contribution in [-0.2, 0) is 0 Å². The summed E-state index contributed by atoms with van der Waals surface area (Å²) in [5.41, 5.74) is 0. The van der Waals surface area contributed by atoms with Gasteiger partial charge in [-0.1, -0.05) is 25.4 Å². The van der Waals surface area contributed by atoms with E-state index in [2.05, 4.69) is 0 Å². The van der Waals surface area contributed by atoms with Gasteiger partial charge in [0.15, 0.2) is 0 Å². The van der Waals surface area contributed by atoms with E-state index >= 15 is 0 Å². The molecule has 0 atom stereocenters. The molecule has 49 valence electrons. The molecule has 0 rings (SSSR count). The molecule has 0 unspecified atom stereocenters. The summed E-state index contributed by atoms with van der Waals surface area (Å²) in [5, 5.41) is 0. The van der Waals surface area contributed by atoms with Gasteiger partial charge >= 0.3 is 5.75 Å². The van der Waals surface area contributed by atoms with Crippen LogP contribution in [0.2, 0.25) is 0 Å². The molecule has 0 bridgehead atoms. The van der Waals surface area contributed by atoms with Gasteiger partial charge in [0, 0.05) is 0 Å². The summed E-state index contributed by atoms with van der Waals surface area (Å²) in [6.07, 6.45) is 0. The summed E-state index contributed by atoms with van der Waals surface area (Å²) >= 11 is 5.02. The molecule has 8 heavy (non-hydrogen) atoms. The Labute approximate surface area is 54.4 Å². The quantitative estimate of drug-likeness (QED) is 0.539. The zero-order valence-electron chi connectivity index (χ0n) is 5.12. The SMILES string of the molecule is CCN(CC)[C](F)Cl. The van der Waals surface area contributed by atoms with Gasteiger partial charge in [-0.15, -0.1) is 0 Å². The van der Waals surface area contributed by atoms with Gasteiger partial charge in [-0.3, -0.25) is 4.90 Å². The fourth-order valence-corrected chi connectivity index (χ4v) is 0.702. The third kappa shape index (κ3) is 2.48. The normalized spacial score (nSPS) is 11.2. The number of hydrogen-bond acceptors (Lipinski definition) is 1. The minimum atomic E-state index is -0.616. The molecule has 0 fully saturated rings. The van der Waals surface area contributed by atoms with Crippen LogP contribution in [0.5, 0.6) is 0 Å². The van der Waals surface area contributed by atoms with E-state index in [1.54, 1.807) is 0 Å². The maximum Gasteiger partial charge on any atom is 0.301 e. The molecule has 0 saturated heterocycles. The molecular formula is C5H10ClFN. The molecule has 0 aromatic carbocycles. The second-order valence-electron chi connectivity index (χ2n) is 1.41. The Morgan fingerprint density at radius 1 is 1.50 bits per heavy atom. The number of rotatable bonds is 3. The molecule has 0 saturated carbocycles. The lowest BCUT2D eigenvalue weighted by molar-refractivity contribution is 0.256. The average molecular weight is 139 g/mol. The molecule has 0 amide bonds. The van der Waals surface area contributed by atoms with Crippen molar-refractivity contribution < 1.29 is 4.39 Å². The van der Waals surface area contributed by atoms with Crippen molar-refractivity contribution in [1.29, 1.82) is 0 Å². The van der Waals surface area contributed by atoms with Crippen LogP contribution in [0.15, 0.2) is 0 Å². The Bertz CT molecular complexity index is 54.4. The zero-order chi connectivity index (χ0) is 6.57. The molecule has 0 heterocycles. The molecule has 1 nitrogen and oxygen atoms in total. The van der Waals surface area contributed by atoms with Gasteiger partial charge < -0.3 is 0 Å². The molecule has 1 radical (unpaired) electrons. The monoisotopic (exact) mass is 138 g/mol. The Morgan fingerprint density at radius 3 is 1.88 bits per heavy atom. The minimum Gasteiger partial charge on any atom is -0.254 e. The first-order valence-corrected chi connectivity index (χ1v) is 3.03. The highest BCUT2D eigenvalue weighted by molar-refractivity contribution is 6.25. The van der Waals surface area contributed by atoms with Gasteiger partial charge in [-0.2, -0.15) is 0 Å². The highest BCUT2D eigenvalue weighted by Gasteiger charge is 2.10. The van der Waals surface area contributed by atoms with E-state index in [1.807, 2.05) is 13.8 Å². The van der Waals surface area contributed by atoms with E-state index in [0.29, 0.717) is 13.1 Å². The number of hydrogen-bond donors (Lipinski definition) is 0. The molecule has 0 aromatic rings. The zero-order valence-corrected chi connectivity index (χ0v) is 5.87. The predicted molar refractivity (Wildman–Crippen MR) is 33.1 cm³/mol. The fraction of sp³-hybridized carbons (Fsp3) is 0.800. The Kier molecular flexibility index (Phi) is 4.19. The van der Waals surface area contributed by atoms with Crippen molar-refractivity contribution in [2.24, 2.45) is 0 Å². The highest BCUT2D eigenvalue weighted by atomic mass is 35.5. The third-order valence-corrected chi connectivity index (χ3v) is 1.24. The third-order valence-electron chi connectivity index (χ3n) is 1.00. The lowest BCUT2D eigenvalue weighted by atomic mass is 10.6. The number of halogens is 2. The van der Waals surface area contributed by atoms with Gasteiger partial charge in [-0.05, 0) is 13.1 Å². The predicted octanol–water partition coefficient (Wildman–Crippen LogP) is 1.98. The van der Waals surface area contributed by atoms with Crippen LogP contribution in [0.3, 0.4) is 0 Å². The lowest BCUT2D eigenvalue weighted by Gasteiger charge is -2.14. The maximum absolute atomic E-state index is 12.0. The summed E-state index contributed by atoms with van der Waals surface area (Å²) < 4.78 is 12.0. The van der Waals surface area contributed by atoms with Crippen LogP contribution in [0, 0.1) is 5.75 Å². The molecule has 0 spiro atoms. The van der Waals surface area contributed by atoms with E-state index in [0.717, 1.165) is 0 Å². The van der Waals surface area contributed by atoms with Crippen molar-refractivity contribution in [3.63, 3.8) is 0 Å². The first-order chi connectivity index (χ1) is 3.72. The Morgan fingerprint density at radius 2 is 1.88 bits per heavy atom. The summed E-state index contributed by atoms with van der Waals surface area (Å²) in [6, 6.07) is 0. The fourth-order valence-electron chi connectivity index (χ4n) is 0.463. The summed E-state index contributed by atoms with van der Waals surface area (Å²) in [4.78, 5) is 1.43.